The molecule has 1 amide bonds. The Morgan fingerprint density at radius 1 is 1.32 bits per heavy atom. The van der Waals surface area contributed by atoms with E-state index in [1.165, 1.54) is 38.8 Å². The van der Waals surface area contributed by atoms with Crippen molar-refractivity contribution in [2.45, 2.75) is 44.0 Å². The summed E-state index contributed by atoms with van der Waals surface area (Å²) in [5, 5.41) is 3.08. The fraction of sp³-hybridized carbons (Fsp3) is 0.588. The van der Waals surface area contributed by atoms with Crippen molar-refractivity contribution in [1.82, 2.24) is 9.79 Å². The first-order valence-corrected chi connectivity index (χ1v) is 10.1. The van der Waals surface area contributed by atoms with Crippen LogP contribution in [0.5, 0.6) is 0 Å². The van der Waals surface area contributed by atoms with Gasteiger partial charge in [0.05, 0.1) is 12.1 Å². The third kappa shape index (κ3) is 4.34. The maximum absolute atomic E-state index is 12.6. The molecule has 0 aliphatic heterocycles. The molecular weight excluding hydrogens is 364 g/mol. The predicted molar refractivity (Wildman–Crippen MR) is 96.8 cm³/mol. The second-order valence-corrected chi connectivity index (χ2v) is 8.90. The summed E-state index contributed by atoms with van der Waals surface area (Å²) in [5.41, 5.74) is 0.262. The Morgan fingerprint density at radius 2 is 2.00 bits per heavy atom. The van der Waals surface area contributed by atoms with Gasteiger partial charge >= 0.3 is 0 Å². The van der Waals surface area contributed by atoms with Gasteiger partial charge in [-0.15, -0.1) is 0 Å². The van der Waals surface area contributed by atoms with Crippen LogP contribution in [0.3, 0.4) is 0 Å². The number of nitrogens with zero attached hydrogens (tertiary/aromatic N) is 1. The van der Waals surface area contributed by atoms with E-state index in [9.17, 15) is 13.2 Å². The molecule has 1 aromatic rings. The maximum Gasteiger partial charge on any atom is 0.266 e. The number of carbonyl (C=O) groups is 1. The van der Waals surface area contributed by atoms with Gasteiger partial charge in [0, 0.05) is 18.7 Å². The lowest BCUT2D eigenvalue weighted by molar-refractivity contribution is -0.0258. The first kappa shape index (κ1) is 20.2. The van der Waals surface area contributed by atoms with Crippen molar-refractivity contribution in [3.05, 3.63) is 28.8 Å². The fourth-order valence-corrected chi connectivity index (χ4v) is 4.59. The molecule has 0 spiro atoms. The molecule has 1 aliphatic rings. The summed E-state index contributed by atoms with van der Waals surface area (Å²) in [7, 11) is -1.42. The second-order valence-electron chi connectivity index (χ2n) is 6.59. The smallest absolute Gasteiger partial charge is 0.266 e. The molecule has 0 saturated heterocycles. The summed E-state index contributed by atoms with van der Waals surface area (Å²) in [4.78, 5) is 17.2. The van der Waals surface area contributed by atoms with E-state index in [1.54, 1.807) is 0 Å². The summed E-state index contributed by atoms with van der Waals surface area (Å²) in [6.07, 6.45) is 3.18. The molecule has 0 bridgehead atoms. The van der Waals surface area contributed by atoms with Crippen LogP contribution in [-0.2, 0) is 14.9 Å². The van der Waals surface area contributed by atoms with Gasteiger partial charge in [0.1, 0.15) is 4.90 Å². The van der Waals surface area contributed by atoms with Crippen molar-refractivity contribution in [2.75, 3.05) is 14.2 Å². The van der Waals surface area contributed by atoms with Crippen LogP contribution in [0.1, 0.15) is 43.5 Å². The van der Waals surface area contributed by atoms with Crippen molar-refractivity contribution in [3.63, 3.8) is 0 Å². The summed E-state index contributed by atoms with van der Waals surface area (Å²) in [5.74, 6) is 0.641. The molecule has 140 valence electrons. The van der Waals surface area contributed by atoms with Crippen molar-refractivity contribution < 1.29 is 18.0 Å². The van der Waals surface area contributed by atoms with Crippen molar-refractivity contribution in [2.24, 2.45) is 11.8 Å². The lowest BCUT2D eigenvalue weighted by Gasteiger charge is -2.34. The fourth-order valence-electron chi connectivity index (χ4n) is 3.12. The Labute approximate surface area is 154 Å². The highest BCUT2D eigenvalue weighted by molar-refractivity contribution is 7.89. The number of sulfonamides is 1. The van der Waals surface area contributed by atoms with Gasteiger partial charge in [-0.1, -0.05) is 42.8 Å². The van der Waals surface area contributed by atoms with Crippen LogP contribution in [0.2, 0.25) is 5.02 Å². The van der Waals surface area contributed by atoms with E-state index >= 15 is 0 Å². The Kier molecular flexibility index (Phi) is 6.48. The minimum Gasteiger partial charge on any atom is -0.349 e. The number of nitrogens with one attached hydrogen (secondary N) is 1. The number of carbonyl (C=O) groups excluding carboxylic acids is 1. The average molecular weight is 389 g/mol. The molecule has 2 rings (SSSR count). The van der Waals surface area contributed by atoms with Gasteiger partial charge in [-0.2, -0.15) is 0 Å². The number of halogens is 1. The highest BCUT2D eigenvalue weighted by atomic mass is 35.5. The zero-order chi connectivity index (χ0) is 18.8. The molecule has 1 saturated carbocycles. The Morgan fingerprint density at radius 3 is 2.64 bits per heavy atom. The second kappa shape index (κ2) is 8.03. The lowest BCUT2D eigenvalue weighted by atomic mass is 9.78. The van der Waals surface area contributed by atoms with E-state index < -0.39 is 10.0 Å². The van der Waals surface area contributed by atoms with Crippen LogP contribution < -0.4 is 5.32 Å². The van der Waals surface area contributed by atoms with Crippen LogP contribution >= 0.6 is 11.6 Å². The predicted octanol–water partition coefficient (Wildman–Crippen LogP) is 3.08. The number of hydroxylamine groups is 1. The van der Waals surface area contributed by atoms with E-state index in [-0.39, 0.29) is 27.4 Å². The molecule has 1 N–H and O–H groups in total. The largest absolute Gasteiger partial charge is 0.349 e. The molecule has 0 aromatic heterocycles. The van der Waals surface area contributed by atoms with E-state index in [1.807, 2.05) is 0 Å². The van der Waals surface area contributed by atoms with Gasteiger partial charge in [-0.3, -0.25) is 9.63 Å². The number of amides is 1. The molecule has 0 heterocycles. The first-order valence-electron chi connectivity index (χ1n) is 8.32. The number of hydrogen-bond donors (Lipinski definition) is 1. The topological polar surface area (TPSA) is 75.7 Å². The maximum atomic E-state index is 12.6. The van der Waals surface area contributed by atoms with Crippen LogP contribution in [0.4, 0.5) is 0 Å². The lowest BCUT2D eigenvalue weighted by Crippen LogP contribution is -2.43. The number of benzene rings is 1. The SMILES string of the molecule is CON(C)S(=O)(=O)c1cc(C(=O)NC2CCCC(C)C2C)ccc1Cl. The Bertz CT molecular complexity index is 738. The average Bonchev–Trinajstić information content (AvgIpc) is 2.58. The summed E-state index contributed by atoms with van der Waals surface area (Å²) in [6.45, 7) is 4.33. The minimum atomic E-state index is -3.93. The number of rotatable bonds is 5. The van der Waals surface area contributed by atoms with Gasteiger partial charge in [0.15, 0.2) is 0 Å². The van der Waals surface area contributed by atoms with Crippen LogP contribution in [0.25, 0.3) is 0 Å². The van der Waals surface area contributed by atoms with Gasteiger partial charge in [0.2, 0.25) is 0 Å². The summed E-state index contributed by atoms with van der Waals surface area (Å²) < 4.78 is 25.6. The Balaban J connectivity index is 2.25. The molecule has 3 atom stereocenters. The van der Waals surface area contributed by atoms with E-state index in [0.29, 0.717) is 16.3 Å². The van der Waals surface area contributed by atoms with Crippen molar-refractivity contribution in [1.29, 1.82) is 0 Å². The third-order valence-electron chi connectivity index (χ3n) is 5.09. The molecular formula is C17H25ClN2O4S. The van der Waals surface area contributed by atoms with E-state index in [2.05, 4.69) is 19.2 Å². The molecule has 3 unspecified atom stereocenters. The van der Waals surface area contributed by atoms with Gasteiger partial charge in [0.25, 0.3) is 15.9 Å². The summed E-state index contributed by atoms with van der Waals surface area (Å²) >= 11 is 6.03. The molecule has 25 heavy (non-hydrogen) atoms. The van der Waals surface area contributed by atoms with Crippen LogP contribution in [0, 0.1) is 11.8 Å². The normalized spacial score (nSPS) is 24.3. The van der Waals surface area contributed by atoms with Crippen LogP contribution in [0.15, 0.2) is 23.1 Å². The van der Waals surface area contributed by atoms with E-state index in [0.717, 1.165) is 12.8 Å². The van der Waals surface area contributed by atoms with Gasteiger partial charge < -0.3 is 5.32 Å². The summed E-state index contributed by atoms with van der Waals surface area (Å²) in [6, 6.07) is 4.33. The first-order chi connectivity index (χ1) is 11.7. The zero-order valence-electron chi connectivity index (χ0n) is 15.0. The van der Waals surface area contributed by atoms with E-state index in [4.69, 9.17) is 16.4 Å². The zero-order valence-corrected chi connectivity index (χ0v) is 16.5. The van der Waals surface area contributed by atoms with Crippen molar-refractivity contribution in [3.8, 4) is 0 Å². The Hall–Kier alpha value is -1.15. The van der Waals surface area contributed by atoms with Gasteiger partial charge in [-0.25, -0.2) is 8.42 Å². The monoisotopic (exact) mass is 388 g/mol. The number of hydrogen-bond acceptors (Lipinski definition) is 4. The van der Waals surface area contributed by atoms with Crippen LogP contribution in [-0.4, -0.2) is 39.0 Å². The molecule has 1 aromatic carbocycles. The molecule has 1 fully saturated rings. The minimum absolute atomic E-state index is 0.0418. The van der Waals surface area contributed by atoms with Crippen molar-refractivity contribution >= 4 is 27.5 Å². The van der Waals surface area contributed by atoms with Gasteiger partial charge in [-0.05, 0) is 36.5 Å². The quantitative estimate of drug-likeness (QED) is 0.786. The third-order valence-corrected chi connectivity index (χ3v) is 7.25. The standard InChI is InChI=1S/C17H25ClN2O4S/c1-11-6-5-7-15(12(11)2)19-17(21)13-8-9-14(18)16(10-13)25(22,23)20(3)24-4/h8-12,15H,5-7H2,1-4H3,(H,19,21). The molecule has 6 nitrogen and oxygen atoms in total. The highest BCUT2D eigenvalue weighted by Gasteiger charge is 2.29. The molecule has 0 radical (unpaired) electrons. The highest BCUT2D eigenvalue weighted by Crippen LogP contribution is 2.30. The molecule has 1 aliphatic carbocycles. The molecule has 8 heteroatoms.